The highest BCUT2D eigenvalue weighted by molar-refractivity contribution is 7.89. The molecule has 1 saturated carbocycles. The number of aryl methyl sites for hydroxylation is 1. The lowest BCUT2D eigenvalue weighted by Crippen LogP contribution is -2.38. The summed E-state index contributed by atoms with van der Waals surface area (Å²) in [6.07, 6.45) is 6.96. The molecule has 9 nitrogen and oxygen atoms in total. The molecule has 0 amide bonds. The number of hydrogen-bond donors (Lipinski definition) is 3. The van der Waals surface area contributed by atoms with E-state index in [1.807, 2.05) is 6.92 Å². The smallest absolute Gasteiger partial charge is 0.244 e. The first-order valence-electron chi connectivity index (χ1n) is 9.77. The molecule has 4 N–H and O–H groups in total. The number of ether oxygens (including phenoxy) is 1. The molecule has 0 aliphatic heterocycles. The van der Waals surface area contributed by atoms with Crippen LogP contribution >= 0.6 is 0 Å². The Bertz CT molecular complexity index is 1180. The fourth-order valence-corrected chi connectivity index (χ4v) is 5.40. The van der Waals surface area contributed by atoms with Gasteiger partial charge in [-0.3, -0.25) is 4.40 Å². The van der Waals surface area contributed by atoms with E-state index in [0.717, 1.165) is 5.56 Å². The maximum Gasteiger partial charge on any atom is 0.244 e. The third-order valence-corrected chi connectivity index (χ3v) is 7.09. The van der Waals surface area contributed by atoms with Crippen LogP contribution in [-0.4, -0.2) is 47.1 Å². The van der Waals surface area contributed by atoms with Gasteiger partial charge in [0.1, 0.15) is 10.6 Å². The Morgan fingerprint density at radius 2 is 1.97 bits per heavy atom. The van der Waals surface area contributed by atoms with Gasteiger partial charge in [0.05, 0.1) is 25.1 Å². The fourth-order valence-electron chi connectivity index (χ4n) is 3.92. The van der Waals surface area contributed by atoms with Crippen molar-refractivity contribution in [2.24, 2.45) is 0 Å². The minimum Gasteiger partial charge on any atom is -0.495 e. The van der Waals surface area contributed by atoms with Crippen LogP contribution in [0.5, 0.6) is 5.75 Å². The van der Waals surface area contributed by atoms with Crippen LogP contribution in [0.25, 0.3) is 16.9 Å². The van der Waals surface area contributed by atoms with Crippen molar-refractivity contribution in [3.63, 3.8) is 0 Å². The number of nitrogen functional groups attached to an aromatic ring is 1. The highest BCUT2D eigenvalue weighted by Crippen LogP contribution is 2.34. The van der Waals surface area contributed by atoms with Crippen LogP contribution in [0.15, 0.2) is 35.6 Å². The molecule has 2 heterocycles. The summed E-state index contributed by atoms with van der Waals surface area (Å²) in [4.78, 5) is 8.43. The van der Waals surface area contributed by atoms with Gasteiger partial charge in [0, 0.05) is 24.0 Å². The third kappa shape index (κ3) is 3.73. The molecule has 0 spiro atoms. The Hall–Kier alpha value is -2.69. The minimum absolute atomic E-state index is 0.0636. The number of nitrogens with one attached hydrogen (secondary N) is 1. The van der Waals surface area contributed by atoms with Crippen LogP contribution < -0.4 is 15.2 Å². The second-order valence-electron chi connectivity index (χ2n) is 7.59. The van der Waals surface area contributed by atoms with Crippen LogP contribution in [-0.2, 0) is 10.0 Å². The number of aliphatic hydroxyl groups excluding tert-OH is 1. The molecule has 0 saturated heterocycles. The van der Waals surface area contributed by atoms with E-state index in [1.54, 1.807) is 35.1 Å². The van der Waals surface area contributed by atoms with Crippen molar-refractivity contribution in [2.45, 2.75) is 49.6 Å². The summed E-state index contributed by atoms with van der Waals surface area (Å²) >= 11 is 0. The van der Waals surface area contributed by atoms with Crippen LogP contribution in [0, 0.1) is 6.92 Å². The van der Waals surface area contributed by atoms with E-state index in [2.05, 4.69) is 14.7 Å². The molecule has 4 rings (SSSR count). The lowest BCUT2D eigenvalue weighted by molar-refractivity contribution is 0.120. The summed E-state index contributed by atoms with van der Waals surface area (Å²) in [6.45, 7) is 1.88. The number of imidazole rings is 1. The van der Waals surface area contributed by atoms with Crippen LogP contribution in [0.2, 0.25) is 0 Å². The molecule has 160 valence electrons. The number of methoxy groups -OCH3 is 1. The molecular weight excluding hydrogens is 406 g/mol. The average molecular weight is 432 g/mol. The largest absolute Gasteiger partial charge is 0.495 e. The second kappa shape index (κ2) is 7.86. The number of rotatable bonds is 5. The standard InChI is InChI=1S/C20H25N5O4S/c1-12-9-17(29-2)18(30(27,28)24-13-3-5-14(26)6-4-13)10-15(12)16-11-23-20-19(21)22-7-8-25(16)20/h7-11,13-14,24,26H,3-6H2,1-2H3,(H2,21,22). The Morgan fingerprint density at radius 1 is 1.23 bits per heavy atom. The van der Waals surface area contributed by atoms with E-state index >= 15 is 0 Å². The van der Waals surface area contributed by atoms with Crippen molar-refractivity contribution < 1.29 is 18.3 Å². The molecule has 0 radical (unpaired) electrons. The molecule has 30 heavy (non-hydrogen) atoms. The van der Waals surface area contributed by atoms with Crippen molar-refractivity contribution in [1.82, 2.24) is 19.1 Å². The maximum atomic E-state index is 13.2. The van der Waals surface area contributed by atoms with Crippen LogP contribution in [0.1, 0.15) is 31.2 Å². The number of sulfonamides is 1. The molecule has 1 aliphatic carbocycles. The lowest BCUT2D eigenvalue weighted by Gasteiger charge is -2.26. The summed E-state index contributed by atoms with van der Waals surface area (Å²) in [5, 5.41) is 9.68. The highest BCUT2D eigenvalue weighted by Gasteiger charge is 2.28. The van der Waals surface area contributed by atoms with Gasteiger partial charge < -0.3 is 15.6 Å². The van der Waals surface area contributed by atoms with E-state index in [1.165, 1.54) is 7.11 Å². The summed E-state index contributed by atoms with van der Waals surface area (Å²) in [5.41, 5.74) is 8.66. The molecule has 2 aromatic heterocycles. The Kier molecular flexibility index (Phi) is 5.39. The van der Waals surface area contributed by atoms with E-state index in [4.69, 9.17) is 10.5 Å². The Balaban J connectivity index is 1.77. The van der Waals surface area contributed by atoms with Gasteiger partial charge in [-0.2, -0.15) is 0 Å². The Morgan fingerprint density at radius 3 is 2.67 bits per heavy atom. The predicted octanol–water partition coefficient (Wildman–Crippen LogP) is 1.88. The van der Waals surface area contributed by atoms with Gasteiger partial charge in [0.15, 0.2) is 11.5 Å². The molecule has 0 atom stereocenters. The second-order valence-corrected chi connectivity index (χ2v) is 9.28. The molecule has 0 bridgehead atoms. The van der Waals surface area contributed by atoms with Crippen LogP contribution in [0.3, 0.4) is 0 Å². The van der Waals surface area contributed by atoms with Gasteiger partial charge in [-0.1, -0.05) is 0 Å². The number of benzene rings is 1. The predicted molar refractivity (Wildman–Crippen MR) is 113 cm³/mol. The molecule has 1 aromatic carbocycles. The van der Waals surface area contributed by atoms with E-state index < -0.39 is 10.0 Å². The summed E-state index contributed by atoms with van der Waals surface area (Å²) in [5.74, 6) is 0.568. The first-order valence-corrected chi connectivity index (χ1v) is 11.3. The molecule has 1 aliphatic rings. The van der Waals surface area contributed by atoms with Crippen molar-refractivity contribution in [3.8, 4) is 17.0 Å². The van der Waals surface area contributed by atoms with Gasteiger partial charge in [-0.15, -0.1) is 0 Å². The molecule has 1 fully saturated rings. The number of anilines is 1. The zero-order valence-electron chi connectivity index (χ0n) is 16.9. The first kappa shape index (κ1) is 20.6. The number of nitrogens with zero attached hydrogens (tertiary/aromatic N) is 3. The van der Waals surface area contributed by atoms with E-state index in [0.29, 0.717) is 48.4 Å². The summed E-state index contributed by atoms with van der Waals surface area (Å²) in [6, 6.07) is 3.10. The normalized spacial score (nSPS) is 19.8. The lowest BCUT2D eigenvalue weighted by atomic mass is 9.94. The van der Waals surface area contributed by atoms with E-state index in [-0.39, 0.29) is 22.8 Å². The SMILES string of the molecule is COc1cc(C)c(-c2cnc3c(N)nccn23)cc1S(=O)(=O)NC1CCC(O)CC1. The minimum atomic E-state index is -3.84. The number of aromatic nitrogens is 3. The van der Waals surface area contributed by atoms with Gasteiger partial charge in [0.25, 0.3) is 0 Å². The van der Waals surface area contributed by atoms with Crippen molar-refractivity contribution in [1.29, 1.82) is 0 Å². The summed E-state index contributed by atoms with van der Waals surface area (Å²) in [7, 11) is -2.39. The maximum absolute atomic E-state index is 13.2. The highest BCUT2D eigenvalue weighted by atomic mass is 32.2. The average Bonchev–Trinajstić information content (AvgIpc) is 3.14. The number of aliphatic hydroxyl groups is 1. The first-order chi connectivity index (χ1) is 14.3. The monoisotopic (exact) mass is 431 g/mol. The van der Waals surface area contributed by atoms with Crippen LogP contribution in [0.4, 0.5) is 5.82 Å². The number of nitrogens with two attached hydrogens (primary N) is 1. The fraction of sp³-hybridized carbons (Fsp3) is 0.400. The topological polar surface area (TPSA) is 132 Å². The molecule has 10 heteroatoms. The van der Waals surface area contributed by atoms with Gasteiger partial charge in [0.2, 0.25) is 10.0 Å². The quantitative estimate of drug-likeness (QED) is 0.562. The van der Waals surface area contributed by atoms with Gasteiger partial charge >= 0.3 is 0 Å². The Labute approximate surface area is 175 Å². The number of fused-ring (bicyclic) bond motifs is 1. The zero-order chi connectivity index (χ0) is 21.5. The zero-order valence-corrected chi connectivity index (χ0v) is 17.7. The van der Waals surface area contributed by atoms with Gasteiger partial charge in [-0.05, 0) is 50.3 Å². The van der Waals surface area contributed by atoms with Crippen molar-refractivity contribution in [3.05, 3.63) is 36.3 Å². The number of hydrogen-bond acceptors (Lipinski definition) is 7. The van der Waals surface area contributed by atoms with Gasteiger partial charge in [-0.25, -0.2) is 23.1 Å². The van der Waals surface area contributed by atoms with Crippen molar-refractivity contribution in [2.75, 3.05) is 12.8 Å². The van der Waals surface area contributed by atoms with Crippen molar-refractivity contribution >= 4 is 21.5 Å². The van der Waals surface area contributed by atoms with E-state index in [9.17, 15) is 13.5 Å². The molecule has 0 unspecified atom stereocenters. The third-order valence-electron chi connectivity index (χ3n) is 5.55. The molecule has 3 aromatic rings. The summed E-state index contributed by atoms with van der Waals surface area (Å²) < 4.78 is 36.4. The molecular formula is C20H25N5O4S.